The quantitative estimate of drug-likeness (QED) is 0.293. The van der Waals surface area contributed by atoms with Crippen LogP contribution in [0.5, 0.6) is 11.5 Å². The number of hydrogen-bond acceptors (Lipinski definition) is 6. The van der Waals surface area contributed by atoms with Crippen molar-refractivity contribution in [2.75, 3.05) is 14.2 Å². The molecule has 4 aromatic rings. The number of hydrogen-bond donors (Lipinski definition) is 1. The van der Waals surface area contributed by atoms with Gasteiger partial charge in [0.15, 0.2) is 11.5 Å². The number of nitrogens with zero attached hydrogens (tertiary/aromatic N) is 4. The molecule has 0 aliphatic rings. The van der Waals surface area contributed by atoms with Gasteiger partial charge in [-0.15, -0.1) is 5.10 Å². The average molecular weight is 548 g/mol. The number of rotatable bonds is 11. The smallest absolute Gasteiger partial charge is 0.247 e. The molecule has 0 fully saturated rings. The maximum Gasteiger partial charge on any atom is 0.247 e. The molecule has 1 heterocycles. The minimum absolute atomic E-state index is 0.0464. The zero-order valence-corrected chi connectivity index (χ0v) is 23.3. The average Bonchev–Trinajstić information content (AvgIpc) is 3.36. The highest BCUT2D eigenvalue weighted by Gasteiger charge is 2.35. The van der Waals surface area contributed by atoms with E-state index >= 15 is 0 Å². The van der Waals surface area contributed by atoms with Crippen LogP contribution >= 0.6 is 0 Å². The van der Waals surface area contributed by atoms with E-state index in [0.717, 1.165) is 0 Å². The van der Waals surface area contributed by atoms with Gasteiger partial charge in [0, 0.05) is 12.1 Å². The first kappa shape index (κ1) is 28.5. The van der Waals surface area contributed by atoms with E-state index in [9.17, 15) is 14.0 Å². The third kappa shape index (κ3) is 6.39. The van der Waals surface area contributed by atoms with Crippen LogP contribution in [-0.2, 0) is 22.7 Å². The van der Waals surface area contributed by atoms with E-state index in [2.05, 4.69) is 15.6 Å². The van der Waals surface area contributed by atoms with Crippen molar-refractivity contribution >= 4 is 22.8 Å². The predicted octanol–water partition coefficient (Wildman–Crippen LogP) is 4.66. The number of nitrogens with one attached hydrogen (secondary N) is 1. The van der Waals surface area contributed by atoms with Crippen molar-refractivity contribution in [3.8, 4) is 11.5 Å². The van der Waals surface area contributed by atoms with Gasteiger partial charge in [0.25, 0.3) is 0 Å². The first-order valence-corrected chi connectivity index (χ1v) is 13.0. The fourth-order valence-electron chi connectivity index (χ4n) is 4.35. The van der Waals surface area contributed by atoms with Gasteiger partial charge < -0.3 is 19.7 Å². The first-order chi connectivity index (χ1) is 19.2. The molecule has 0 aliphatic heterocycles. The summed E-state index contributed by atoms with van der Waals surface area (Å²) in [5.74, 6) is -0.217. The van der Waals surface area contributed by atoms with Crippen LogP contribution in [0.1, 0.15) is 44.4 Å². The number of carbonyl (C=O) groups is 2. The Labute approximate surface area is 232 Å². The van der Waals surface area contributed by atoms with Crippen LogP contribution in [0.2, 0.25) is 0 Å². The van der Waals surface area contributed by atoms with Crippen molar-refractivity contribution in [3.05, 3.63) is 83.7 Å². The fourth-order valence-corrected chi connectivity index (χ4v) is 4.35. The third-order valence-corrected chi connectivity index (χ3v) is 6.92. The zero-order chi connectivity index (χ0) is 28.9. The molecule has 1 aromatic heterocycles. The van der Waals surface area contributed by atoms with E-state index in [1.165, 1.54) is 35.9 Å². The van der Waals surface area contributed by atoms with E-state index in [4.69, 9.17) is 9.47 Å². The minimum Gasteiger partial charge on any atom is -0.493 e. The van der Waals surface area contributed by atoms with Crippen molar-refractivity contribution in [1.29, 1.82) is 0 Å². The maximum absolute atomic E-state index is 14.1. The van der Waals surface area contributed by atoms with Gasteiger partial charge in [-0.2, -0.15) is 0 Å². The normalized spacial score (nSPS) is 12.2. The second-order valence-electron chi connectivity index (χ2n) is 10.1. The van der Waals surface area contributed by atoms with Crippen LogP contribution in [0.3, 0.4) is 0 Å². The van der Waals surface area contributed by atoms with Gasteiger partial charge in [0.05, 0.1) is 19.7 Å². The third-order valence-electron chi connectivity index (χ3n) is 6.92. The summed E-state index contributed by atoms with van der Waals surface area (Å²) in [6.07, 6.45) is 0.675. The molecule has 0 radical (unpaired) electrons. The molecule has 2 amide bonds. The van der Waals surface area contributed by atoms with E-state index in [-0.39, 0.29) is 24.9 Å². The molecule has 10 heteroatoms. The fraction of sp³-hybridized carbons (Fsp3) is 0.333. The molecular formula is C30H34FN5O4. The first-order valence-electron chi connectivity index (χ1n) is 13.0. The topological polar surface area (TPSA) is 98.6 Å². The number of methoxy groups -OCH3 is 2. The van der Waals surface area contributed by atoms with Crippen molar-refractivity contribution in [1.82, 2.24) is 25.2 Å². The lowest BCUT2D eigenvalue weighted by Gasteiger charge is -2.35. The number of aromatic nitrogens is 3. The molecule has 1 atom stereocenters. The SMILES string of the molecule is CCC(C)(C)NC(=O)[C@H](c1ccc(OC)c(OC)c1)N(Cc1ccc(F)cc1)C(=O)Cn1nnc2ccccc21. The van der Waals surface area contributed by atoms with E-state index in [0.29, 0.717) is 40.1 Å². The summed E-state index contributed by atoms with van der Waals surface area (Å²) < 4.78 is 26.1. The molecule has 4 rings (SSSR count). The van der Waals surface area contributed by atoms with E-state index in [1.54, 1.807) is 30.3 Å². The second kappa shape index (κ2) is 12.1. The summed E-state index contributed by atoms with van der Waals surface area (Å²) in [4.78, 5) is 29.6. The van der Waals surface area contributed by atoms with Gasteiger partial charge >= 0.3 is 0 Å². The summed E-state index contributed by atoms with van der Waals surface area (Å²) in [6, 6.07) is 17.3. The molecule has 0 saturated heterocycles. The Morgan fingerprint density at radius 1 is 1.02 bits per heavy atom. The van der Waals surface area contributed by atoms with Crippen molar-refractivity contribution in [3.63, 3.8) is 0 Å². The summed E-state index contributed by atoms with van der Waals surface area (Å²) in [7, 11) is 3.03. The highest BCUT2D eigenvalue weighted by atomic mass is 19.1. The van der Waals surface area contributed by atoms with Gasteiger partial charge in [-0.1, -0.05) is 42.5 Å². The Balaban J connectivity index is 1.81. The Bertz CT molecular complexity index is 1490. The molecule has 40 heavy (non-hydrogen) atoms. The number of halogens is 1. The van der Waals surface area contributed by atoms with Crippen LogP contribution in [-0.4, -0.2) is 51.5 Å². The van der Waals surface area contributed by atoms with E-state index < -0.39 is 17.4 Å². The minimum atomic E-state index is -1.04. The van der Waals surface area contributed by atoms with Crippen LogP contribution in [0.25, 0.3) is 11.0 Å². The zero-order valence-electron chi connectivity index (χ0n) is 23.3. The molecule has 0 bridgehead atoms. The van der Waals surface area contributed by atoms with E-state index in [1.807, 2.05) is 45.0 Å². The van der Waals surface area contributed by atoms with Crippen LogP contribution in [0.4, 0.5) is 4.39 Å². The van der Waals surface area contributed by atoms with Crippen molar-refractivity contribution in [2.24, 2.45) is 0 Å². The summed E-state index contributed by atoms with van der Waals surface area (Å²) in [6.45, 7) is 5.71. The lowest BCUT2D eigenvalue weighted by molar-refractivity contribution is -0.143. The lowest BCUT2D eigenvalue weighted by Crippen LogP contribution is -2.50. The monoisotopic (exact) mass is 547 g/mol. The van der Waals surface area contributed by atoms with Gasteiger partial charge in [-0.3, -0.25) is 9.59 Å². The summed E-state index contributed by atoms with van der Waals surface area (Å²) in [5.41, 5.74) is 2.00. The lowest BCUT2D eigenvalue weighted by atomic mass is 9.98. The van der Waals surface area contributed by atoms with Crippen LogP contribution < -0.4 is 14.8 Å². The molecular weight excluding hydrogens is 513 g/mol. The summed E-state index contributed by atoms with van der Waals surface area (Å²) >= 11 is 0. The number of para-hydroxylation sites is 1. The molecule has 3 aromatic carbocycles. The number of amides is 2. The number of carbonyl (C=O) groups excluding carboxylic acids is 2. The van der Waals surface area contributed by atoms with Crippen LogP contribution in [0, 0.1) is 5.82 Å². The Morgan fingerprint density at radius 3 is 2.40 bits per heavy atom. The maximum atomic E-state index is 14.1. The second-order valence-corrected chi connectivity index (χ2v) is 10.1. The van der Waals surface area contributed by atoms with Gasteiger partial charge in [-0.05, 0) is 67.8 Å². The highest BCUT2D eigenvalue weighted by Crippen LogP contribution is 2.33. The Hall–Kier alpha value is -4.47. The number of fused-ring (bicyclic) bond motifs is 1. The molecule has 0 spiro atoms. The molecule has 0 unspecified atom stereocenters. The number of ether oxygens (including phenoxy) is 2. The molecule has 9 nitrogen and oxygen atoms in total. The molecule has 0 saturated carbocycles. The summed E-state index contributed by atoms with van der Waals surface area (Å²) in [5, 5.41) is 11.4. The predicted molar refractivity (Wildman–Crippen MR) is 149 cm³/mol. The molecule has 210 valence electrons. The number of benzene rings is 3. The largest absolute Gasteiger partial charge is 0.493 e. The van der Waals surface area contributed by atoms with Crippen molar-refractivity contribution in [2.45, 2.75) is 51.9 Å². The van der Waals surface area contributed by atoms with Gasteiger partial charge in [-0.25, -0.2) is 9.07 Å². The van der Waals surface area contributed by atoms with Gasteiger partial charge in [0.1, 0.15) is 23.9 Å². The Morgan fingerprint density at radius 2 is 1.73 bits per heavy atom. The molecule has 0 aliphatic carbocycles. The highest BCUT2D eigenvalue weighted by molar-refractivity contribution is 5.89. The van der Waals surface area contributed by atoms with Crippen molar-refractivity contribution < 1.29 is 23.5 Å². The van der Waals surface area contributed by atoms with Gasteiger partial charge in [0.2, 0.25) is 11.8 Å². The van der Waals surface area contributed by atoms with Crippen LogP contribution in [0.15, 0.2) is 66.7 Å². The molecule has 1 N–H and O–H groups in total. The Kier molecular flexibility index (Phi) is 8.67. The standard InChI is InChI=1S/C30H34FN5O4/c1-6-30(2,3)32-29(38)28(21-13-16-25(39-4)26(17-21)40-5)35(18-20-11-14-22(31)15-12-20)27(37)19-36-24-10-8-7-9-23(24)33-34-36/h7-17,28H,6,18-19H2,1-5H3,(H,32,38)/t28-/m0/s1.